The van der Waals surface area contributed by atoms with Crippen LogP contribution in [0.5, 0.6) is 5.75 Å². The highest BCUT2D eigenvalue weighted by Crippen LogP contribution is 2.31. The van der Waals surface area contributed by atoms with Crippen LogP contribution in [0.3, 0.4) is 0 Å². The lowest BCUT2D eigenvalue weighted by atomic mass is 10.1. The molecule has 0 spiro atoms. The fourth-order valence-electron chi connectivity index (χ4n) is 6.67. The van der Waals surface area contributed by atoms with Crippen LogP contribution in [0.25, 0.3) is 22.2 Å². The summed E-state index contributed by atoms with van der Waals surface area (Å²) in [5.41, 5.74) is 15.5. The van der Waals surface area contributed by atoms with Crippen molar-refractivity contribution in [1.82, 2.24) is 43.6 Å². The maximum Gasteiger partial charge on any atom is 0.412 e. The number of anilines is 3. The number of nitrogens with zero attached hydrogens (tertiary/aromatic N) is 9. The number of imidazole rings is 2. The van der Waals surface area contributed by atoms with Crippen molar-refractivity contribution < 1.29 is 38.2 Å². The van der Waals surface area contributed by atoms with Crippen LogP contribution in [0.2, 0.25) is 0 Å². The second-order valence-corrected chi connectivity index (χ2v) is 15.5. The van der Waals surface area contributed by atoms with Gasteiger partial charge in [-0.2, -0.15) is 10.2 Å². The summed E-state index contributed by atoms with van der Waals surface area (Å²) in [4.78, 5) is 73.5. The lowest BCUT2D eigenvalue weighted by molar-refractivity contribution is 0.0635. The third-order valence-corrected chi connectivity index (χ3v) is 9.54. The number of aldehydes is 1. The van der Waals surface area contributed by atoms with Crippen molar-refractivity contribution in [3.8, 4) is 5.75 Å². The van der Waals surface area contributed by atoms with Crippen molar-refractivity contribution in [2.75, 3.05) is 43.3 Å². The number of rotatable bonds is 18. The number of nitrogens with one attached hydrogen (secondary N) is 3. The highest BCUT2D eigenvalue weighted by Gasteiger charge is 2.22. The Morgan fingerprint density at radius 2 is 1.49 bits per heavy atom. The zero-order valence-electron chi connectivity index (χ0n) is 38.0. The van der Waals surface area contributed by atoms with Gasteiger partial charge in [0.15, 0.2) is 11.9 Å². The third-order valence-electron chi connectivity index (χ3n) is 9.54. The number of primary amides is 2. The van der Waals surface area contributed by atoms with Crippen LogP contribution >= 0.6 is 0 Å². The third kappa shape index (κ3) is 11.7. The van der Waals surface area contributed by atoms with Crippen LogP contribution in [0, 0.1) is 13.8 Å². The number of hydrogen-bond acceptors (Lipinski definition) is 14. The van der Waals surface area contributed by atoms with Crippen LogP contribution < -0.4 is 32.2 Å². The zero-order chi connectivity index (χ0) is 47.6. The molecular weight excluding hydrogens is 841 g/mol. The van der Waals surface area contributed by atoms with E-state index in [0.717, 1.165) is 0 Å². The van der Waals surface area contributed by atoms with Gasteiger partial charge in [-0.1, -0.05) is 12.2 Å². The molecule has 4 amide bonds. The Labute approximate surface area is 374 Å². The number of amides is 4. The molecule has 0 atom stereocenters. The minimum Gasteiger partial charge on any atom is -0.491 e. The molecule has 0 saturated heterocycles. The summed E-state index contributed by atoms with van der Waals surface area (Å²) in [7, 11) is 3.37. The minimum absolute atomic E-state index is 0.196. The summed E-state index contributed by atoms with van der Waals surface area (Å²) in [6.07, 6.45) is 5.92. The molecule has 0 fully saturated rings. The van der Waals surface area contributed by atoms with Gasteiger partial charge in [-0.25, -0.2) is 19.7 Å². The predicted octanol–water partition coefficient (Wildman–Crippen LogP) is 4.84. The number of carbonyl (C=O) groups excluding carboxylic acids is 5. The average Bonchev–Trinajstić information content (AvgIpc) is 4.00. The van der Waals surface area contributed by atoms with Crippen molar-refractivity contribution in [3.63, 3.8) is 0 Å². The second-order valence-electron chi connectivity index (χ2n) is 15.5. The molecule has 5 aromatic heterocycles. The molecule has 0 saturated carbocycles. The largest absolute Gasteiger partial charge is 0.491 e. The molecule has 7 N–H and O–H groups in total. The second kappa shape index (κ2) is 21.2. The summed E-state index contributed by atoms with van der Waals surface area (Å²) in [5.74, 6) is -0.357. The quantitative estimate of drug-likeness (QED) is 0.0439. The number of allylic oxidation sites excluding steroid dienone is 2. The topological polar surface area (TPSA) is 285 Å². The van der Waals surface area contributed by atoms with Crippen LogP contribution in [-0.2, 0) is 35.7 Å². The number of aryl methyl sites for hydroxylation is 4. The van der Waals surface area contributed by atoms with Crippen molar-refractivity contribution in [2.24, 2.45) is 11.5 Å². The molecule has 346 valence electrons. The Morgan fingerprint density at radius 3 is 2.11 bits per heavy atom. The first-order chi connectivity index (χ1) is 30.9. The fourth-order valence-corrected chi connectivity index (χ4v) is 6.67. The van der Waals surface area contributed by atoms with Crippen molar-refractivity contribution in [1.29, 1.82) is 0 Å². The Bertz CT molecular complexity index is 2740. The molecule has 0 bridgehead atoms. The molecule has 0 aliphatic heterocycles. The SMILES string of the molecule is CCn1nc(C)c(NC(=O)OC(C)(C)C)c1C=O.CCn1nc(C)cc1C(=O)Nc1nc2cc(C(N)=O)cnc2n1C/C=C/Cn1c(NC)nc2cc(C(N)=O)cc(OCCCOC)c21. The minimum atomic E-state index is -0.639. The smallest absolute Gasteiger partial charge is 0.412 e. The van der Waals surface area contributed by atoms with Gasteiger partial charge in [-0.3, -0.25) is 43.7 Å². The molecule has 65 heavy (non-hydrogen) atoms. The van der Waals surface area contributed by atoms with Crippen LogP contribution in [-0.4, -0.2) is 107 Å². The number of ether oxygens (including phenoxy) is 3. The number of fused-ring (bicyclic) bond motifs is 2. The Kier molecular flexibility index (Phi) is 15.8. The number of hydrogen-bond donors (Lipinski definition) is 5. The van der Waals surface area contributed by atoms with E-state index < -0.39 is 23.5 Å². The van der Waals surface area contributed by atoms with E-state index >= 15 is 0 Å². The molecule has 0 radical (unpaired) electrons. The Balaban J connectivity index is 0.000000370. The maximum absolute atomic E-state index is 13.3. The first-order valence-corrected chi connectivity index (χ1v) is 20.8. The summed E-state index contributed by atoms with van der Waals surface area (Å²) in [5, 5.41) is 17.1. The maximum atomic E-state index is 13.3. The van der Waals surface area contributed by atoms with Crippen molar-refractivity contribution in [2.45, 2.75) is 86.7 Å². The zero-order valence-corrected chi connectivity index (χ0v) is 38.0. The van der Waals surface area contributed by atoms with Crippen LogP contribution in [0.15, 0.2) is 42.6 Å². The van der Waals surface area contributed by atoms with E-state index in [1.807, 2.05) is 37.5 Å². The molecule has 0 aliphatic rings. The van der Waals surface area contributed by atoms with Gasteiger partial charge in [0.2, 0.25) is 23.7 Å². The number of benzene rings is 1. The van der Waals surface area contributed by atoms with E-state index in [9.17, 15) is 24.0 Å². The summed E-state index contributed by atoms with van der Waals surface area (Å²) >= 11 is 0. The van der Waals surface area contributed by atoms with Gasteiger partial charge in [-0.05, 0) is 72.7 Å². The first-order valence-electron chi connectivity index (χ1n) is 20.8. The van der Waals surface area contributed by atoms with Gasteiger partial charge in [0.25, 0.3) is 5.91 Å². The summed E-state index contributed by atoms with van der Waals surface area (Å²) in [6.45, 7) is 15.2. The van der Waals surface area contributed by atoms with Gasteiger partial charge in [0.05, 0.1) is 34.8 Å². The van der Waals surface area contributed by atoms with Gasteiger partial charge in [0, 0.05) is 65.1 Å². The van der Waals surface area contributed by atoms with E-state index in [1.54, 1.807) is 69.3 Å². The predicted molar refractivity (Wildman–Crippen MR) is 243 cm³/mol. The summed E-state index contributed by atoms with van der Waals surface area (Å²) in [6, 6.07) is 6.48. The Hall–Kier alpha value is -7.62. The molecule has 1 aromatic carbocycles. The van der Waals surface area contributed by atoms with Crippen molar-refractivity contribution in [3.05, 3.63) is 76.5 Å². The molecule has 0 aliphatic carbocycles. The lowest BCUT2D eigenvalue weighted by Crippen LogP contribution is -2.27. The lowest BCUT2D eigenvalue weighted by Gasteiger charge is -2.19. The fraction of sp³-hybridized carbons (Fsp3) is 0.395. The number of carbonyl (C=O) groups is 5. The highest BCUT2D eigenvalue weighted by atomic mass is 16.6. The average molecular weight is 897 g/mol. The number of methoxy groups -OCH3 is 1. The van der Waals surface area contributed by atoms with E-state index in [0.29, 0.717) is 108 Å². The number of pyridine rings is 1. The normalized spacial score (nSPS) is 11.4. The highest BCUT2D eigenvalue weighted by molar-refractivity contribution is 6.03. The molecule has 6 rings (SSSR count). The van der Waals surface area contributed by atoms with E-state index in [4.69, 9.17) is 25.7 Å². The number of aromatic nitrogens is 9. The molecule has 22 heteroatoms. The molecule has 22 nitrogen and oxygen atoms in total. The van der Waals surface area contributed by atoms with Crippen LogP contribution in [0.1, 0.15) is 94.1 Å². The van der Waals surface area contributed by atoms with E-state index in [1.165, 1.54) is 16.9 Å². The van der Waals surface area contributed by atoms with Crippen LogP contribution in [0.4, 0.5) is 22.4 Å². The van der Waals surface area contributed by atoms with Gasteiger partial charge < -0.3 is 35.6 Å². The van der Waals surface area contributed by atoms with Gasteiger partial charge in [-0.15, -0.1) is 0 Å². The standard InChI is InChI=1S/C31H37N11O5.C12H19N3O3/c1-5-42-23(13-18(2)39-42)29(45)38-31-37-22-15-20(27(33)44)17-35-28(22)41(31)10-7-6-9-40-25-21(36-30(40)34-3)14-19(26(32)43)16-24(25)47-12-8-11-46-4;1-6-15-9(7-16)10(8(2)14-15)13-11(17)18-12(3,4)5/h6-7,13-17H,5,8-12H2,1-4H3,(H2,32,43)(H2,33,44)(H,34,36)(H,37,38,45);7H,6H2,1-5H3,(H,13,17)/b7-6+;. The molecule has 0 unspecified atom stereocenters. The Morgan fingerprint density at radius 1 is 0.831 bits per heavy atom. The van der Waals surface area contributed by atoms with Gasteiger partial charge in [0.1, 0.15) is 33.8 Å². The first kappa shape index (κ1) is 48.4. The van der Waals surface area contributed by atoms with E-state index in [2.05, 4.69) is 41.1 Å². The summed E-state index contributed by atoms with van der Waals surface area (Å²) < 4.78 is 23.1. The van der Waals surface area contributed by atoms with Gasteiger partial charge >= 0.3 is 6.09 Å². The molecular formula is C43H56N14O8. The molecule has 6 aromatic rings. The monoisotopic (exact) mass is 896 g/mol. The number of nitrogens with two attached hydrogens (primary N) is 2. The van der Waals surface area contributed by atoms with Crippen molar-refractivity contribution >= 4 is 69.9 Å². The molecule has 5 heterocycles. The van der Waals surface area contributed by atoms with E-state index in [-0.39, 0.29) is 29.5 Å².